The first-order chi connectivity index (χ1) is 17.1. The number of amides is 2. The van der Waals surface area contributed by atoms with Gasteiger partial charge in [0.2, 0.25) is 11.8 Å². The monoisotopic (exact) mass is 570 g/mol. The Balaban J connectivity index is 2.52. The van der Waals surface area contributed by atoms with E-state index >= 15 is 0 Å². The lowest BCUT2D eigenvalue weighted by Crippen LogP contribution is -2.52. The molecular weight excluding hydrogens is 535 g/mol. The zero-order valence-electron chi connectivity index (χ0n) is 22.4. The Morgan fingerprint density at radius 2 is 1.65 bits per heavy atom. The standard InChI is InChI=1S/C26H36Cl2N4O4S/c1-17(2)14-29-26(34)20(5)31(15-21-10-11-22(27)13-23(21)28)25(33)16-32(37(35,36)30(6)7)24-12-18(3)8-9-19(24)4/h8-13,17,20H,14-16H2,1-7H3,(H,29,34). The van der Waals surface area contributed by atoms with E-state index in [9.17, 15) is 18.0 Å². The van der Waals surface area contributed by atoms with Gasteiger partial charge in [0, 0.05) is 37.2 Å². The van der Waals surface area contributed by atoms with Gasteiger partial charge in [0.15, 0.2) is 0 Å². The van der Waals surface area contributed by atoms with Crippen molar-refractivity contribution >= 4 is 50.9 Å². The minimum absolute atomic E-state index is 0.00620. The molecule has 2 aromatic rings. The number of rotatable bonds is 11. The smallest absolute Gasteiger partial charge is 0.304 e. The van der Waals surface area contributed by atoms with Gasteiger partial charge in [0.05, 0.1) is 5.69 Å². The van der Waals surface area contributed by atoms with E-state index in [4.69, 9.17) is 23.2 Å². The highest BCUT2D eigenvalue weighted by Crippen LogP contribution is 2.27. The number of nitrogens with one attached hydrogen (secondary N) is 1. The van der Waals surface area contributed by atoms with E-state index in [0.717, 1.165) is 14.2 Å². The summed E-state index contributed by atoms with van der Waals surface area (Å²) >= 11 is 12.4. The molecule has 8 nitrogen and oxygen atoms in total. The van der Waals surface area contributed by atoms with E-state index in [1.165, 1.54) is 19.0 Å². The van der Waals surface area contributed by atoms with Crippen LogP contribution >= 0.6 is 23.2 Å². The minimum atomic E-state index is -4.04. The van der Waals surface area contributed by atoms with E-state index in [2.05, 4.69) is 5.32 Å². The molecule has 0 aliphatic carbocycles. The van der Waals surface area contributed by atoms with Gasteiger partial charge in [0.1, 0.15) is 12.6 Å². The van der Waals surface area contributed by atoms with Crippen LogP contribution in [0.3, 0.4) is 0 Å². The molecular formula is C26H36Cl2N4O4S. The summed E-state index contributed by atoms with van der Waals surface area (Å²) in [6, 6.07) is 9.40. The third-order valence-corrected chi connectivity index (χ3v) is 8.25. The lowest BCUT2D eigenvalue weighted by molar-refractivity contribution is -0.139. The highest BCUT2D eigenvalue weighted by atomic mass is 35.5. The molecule has 0 spiro atoms. The minimum Gasteiger partial charge on any atom is -0.354 e. The van der Waals surface area contributed by atoms with Crippen molar-refractivity contribution in [3.63, 3.8) is 0 Å². The van der Waals surface area contributed by atoms with Gasteiger partial charge in [-0.05, 0) is 61.6 Å². The Morgan fingerprint density at radius 1 is 1.00 bits per heavy atom. The normalized spacial score (nSPS) is 12.5. The van der Waals surface area contributed by atoms with Crippen LogP contribution in [0.25, 0.3) is 0 Å². The Kier molecular flexibility index (Phi) is 10.8. The second-order valence-electron chi connectivity index (χ2n) is 9.66. The molecule has 2 rings (SSSR count). The summed E-state index contributed by atoms with van der Waals surface area (Å²) in [4.78, 5) is 28.1. The predicted octanol–water partition coefficient (Wildman–Crippen LogP) is 4.41. The highest BCUT2D eigenvalue weighted by Gasteiger charge is 2.33. The number of carbonyl (C=O) groups excluding carboxylic acids is 2. The second-order valence-corrected chi connectivity index (χ2v) is 12.6. The van der Waals surface area contributed by atoms with Gasteiger partial charge in [0.25, 0.3) is 0 Å². The molecule has 0 saturated heterocycles. The first-order valence-electron chi connectivity index (χ1n) is 11.9. The SMILES string of the molecule is Cc1ccc(C)c(N(CC(=O)N(Cc2ccc(Cl)cc2Cl)C(C)C(=O)NCC(C)C)S(=O)(=O)N(C)C)c1. The number of benzene rings is 2. The summed E-state index contributed by atoms with van der Waals surface area (Å²) < 4.78 is 28.8. The molecule has 204 valence electrons. The lowest BCUT2D eigenvalue weighted by Gasteiger charge is -2.33. The third-order valence-electron chi connectivity index (χ3n) is 5.86. The number of halogens is 2. The first kappa shape index (κ1) is 30.9. The van der Waals surface area contributed by atoms with E-state index in [-0.39, 0.29) is 18.4 Å². The molecule has 37 heavy (non-hydrogen) atoms. The van der Waals surface area contributed by atoms with Crippen molar-refractivity contribution in [1.29, 1.82) is 0 Å². The van der Waals surface area contributed by atoms with Gasteiger partial charge in [-0.25, -0.2) is 4.31 Å². The molecule has 0 aliphatic rings. The molecule has 2 amide bonds. The van der Waals surface area contributed by atoms with Crippen LogP contribution in [-0.2, 0) is 26.3 Å². The van der Waals surface area contributed by atoms with Crippen LogP contribution in [0.2, 0.25) is 10.0 Å². The number of nitrogens with zero attached hydrogens (tertiary/aromatic N) is 3. The molecule has 0 fully saturated rings. The topological polar surface area (TPSA) is 90.0 Å². The Hall–Kier alpha value is -2.33. The largest absolute Gasteiger partial charge is 0.354 e. The van der Waals surface area contributed by atoms with Crippen molar-refractivity contribution in [2.45, 2.75) is 47.2 Å². The number of hydrogen-bond acceptors (Lipinski definition) is 4. The van der Waals surface area contributed by atoms with Crippen LogP contribution in [-0.4, -0.2) is 62.7 Å². The van der Waals surface area contributed by atoms with Crippen molar-refractivity contribution < 1.29 is 18.0 Å². The van der Waals surface area contributed by atoms with E-state index in [1.54, 1.807) is 44.2 Å². The van der Waals surface area contributed by atoms with Crippen LogP contribution in [0.5, 0.6) is 0 Å². The molecule has 1 unspecified atom stereocenters. The van der Waals surface area contributed by atoms with Gasteiger partial charge in [-0.2, -0.15) is 12.7 Å². The van der Waals surface area contributed by atoms with Gasteiger partial charge < -0.3 is 10.2 Å². The third kappa shape index (κ3) is 8.07. The summed E-state index contributed by atoms with van der Waals surface area (Å²) in [5, 5.41) is 3.63. The molecule has 2 aromatic carbocycles. The number of anilines is 1. The summed E-state index contributed by atoms with van der Waals surface area (Å²) in [5.74, 6) is -0.679. The van der Waals surface area contributed by atoms with E-state index < -0.39 is 28.7 Å². The van der Waals surface area contributed by atoms with Gasteiger partial charge in [-0.15, -0.1) is 0 Å². The fraction of sp³-hybridized carbons (Fsp3) is 0.462. The summed E-state index contributed by atoms with van der Waals surface area (Å²) in [5.41, 5.74) is 2.51. The van der Waals surface area contributed by atoms with Crippen molar-refractivity contribution in [2.24, 2.45) is 5.92 Å². The summed E-state index contributed by atoms with van der Waals surface area (Å²) in [7, 11) is -1.22. The quantitative estimate of drug-likeness (QED) is 0.433. The lowest BCUT2D eigenvalue weighted by atomic mass is 10.1. The summed E-state index contributed by atoms with van der Waals surface area (Å²) in [6.07, 6.45) is 0. The zero-order valence-corrected chi connectivity index (χ0v) is 24.7. The summed E-state index contributed by atoms with van der Waals surface area (Å²) in [6.45, 7) is 9.11. The molecule has 0 saturated carbocycles. The zero-order chi connectivity index (χ0) is 28.1. The predicted molar refractivity (Wildman–Crippen MR) is 150 cm³/mol. The maximum atomic E-state index is 13.8. The number of carbonyl (C=O) groups is 2. The Bertz CT molecular complexity index is 1240. The fourth-order valence-corrected chi connectivity index (χ4v) is 5.14. The van der Waals surface area contributed by atoms with Gasteiger partial charge >= 0.3 is 10.2 Å². The fourth-order valence-electron chi connectivity index (χ4n) is 3.56. The van der Waals surface area contributed by atoms with Crippen LogP contribution in [0.1, 0.15) is 37.5 Å². The van der Waals surface area contributed by atoms with E-state index in [1.807, 2.05) is 26.8 Å². The molecule has 1 N–H and O–H groups in total. The van der Waals surface area contributed by atoms with Crippen LogP contribution in [0.4, 0.5) is 5.69 Å². The first-order valence-corrected chi connectivity index (χ1v) is 14.1. The average molecular weight is 572 g/mol. The molecule has 1 atom stereocenters. The Labute approximate surface area is 230 Å². The highest BCUT2D eigenvalue weighted by molar-refractivity contribution is 7.90. The molecule has 0 bridgehead atoms. The molecule has 0 heterocycles. The Morgan fingerprint density at radius 3 is 2.22 bits per heavy atom. The maximum absolute atomic E-state index is 13.8. The van der Waals surface area contributed by atoms with Crippen LogP contribution in [0.15, 0.2) is 36.4 Å². The molecule has 0 aromatic heterocycles. The molecule has 11 heteroatoms. The van der Waals surface area contributed by atoms with Crippen molar-refractivity contribution in [2.75, 3.05) is 31.5 Å². The van der Waals surface area contributed by atoms with Crippen LogP contribution < -0.4 is 9.62 Å². The van der Waals surface area contributed by atoms with Crippen LogP contribution in [0, 0.1) is 19.8 Å². The number of aryl methyl sites for hydroxylation is 2. The van der Waals surface area contributed by atoms with Crippen molar-refractivity contribution in [3.05, 3.63) is 63.1 Å². The average Bonchev–Trinajstić information content (AvgIpc) is 2.81. The second kappa shape index (κ2) is 13.0. The van der Waals surface area contributed by atoms with Gasteiger partial charge in [-0.1, -0.05) is 55.2 Å². The molecule has 0 aliphatic heterocycles. The maximum Gasteiger partial charge on any atom is 0.304 e. The van der Waals surface area contributed by atoms with Gasteiger partial charge in [-0.3, -0.25) is 9.59 Å². The number of hydrogen-bond donors (Lipinski definition) is 1. The molecule has 0 radical (unpaired) electrons. The van der Waals surface area contributed by atoms with Crippen molar-refractivity contribution in [3.8, 4) is 0 Å². The van der Waals surface area contributed by atoms with E-state index in [0.29, 0.717) is 33.4 Å². The van der Waals surface area contributed by atoms with Crippen molar-refractivity contribution in [1.82, 2.24) is 14.5 Å².